The number of carbonyl (C=O) groups excluding carboxylic acids is 2. The van der Waals surface area contributed by atoms with Gasteiger partial charge in [0.15, 0.2) is 5.78 Å². The minimum atomic E-state index is -0.487. The Morgan fingerprint density at radius 2 is 1.46 bits per heavy atom. The van der Waals surface area contributed by atoms with Crippen LogP contribution in [0.25, 0.3) is 0 Å². The molecule has 0 unspecified atom stereocenters. The molecule has 1 saturated heterocycles. The predicted molar refractivity (Wildman–Crippen MR) is 110 cm³/mol. The topological polar surface area (TPSA) is 49.2 Å². The molecule has 3 aromatic rings. The molecular formula is C24H22N2O2. The van der Waals surface area contributed by atoms with Crippen molar-refractivity contribution in [3.05, 3.63) is 102 Å². The Labute approximate surface area is 164 Å². The van der Waals surface area contributed by atoms with E-state index in [1.807, 2.05) is 84.9 Å². The Hall–Kier alpha value is -3.40. The first-order valence-electron chi connectivity index (χ1n) is 9.51. The Balaban J connectivity index is 1.59. The number of hydrogen-bond donors (Lipinski definition) is 1. The van der Waals surface area contributed by atoms with Gasteiger partial charge in [0.05, 0.1) is 6.04 Å². The molecule has 1 N–H and O–H groups in total. The summed E-state index contributed by atoms with van der Waals surface area (Å²) in [5.41, 5.74) is 3.50. The summed E-state index contributed by atoms with van der Waals surface area (Å²) in [7, 11) is 0. The lowest BCUT2D eigenvalue weighted by Gasteiger charge is -2.08. The van der Waals surface area contributed by atoms with Crippen molar-refractivity contribution < 1.29 is 9.59 Å². The first kappa shape index (κ1) is 18.0. The van der Waals surface area contributed by atoms with Crippen molar-refractivity contribution >= 4 is 17.5 Å². The van der Waals surface area contributed by atoms with E-state index in [9.17, 15) is 9.59 Å². The van der Waals surface area contributed by atoms with Crippen LogP contribution in [-0.4, -0.2) is 22.8 Å². The zero-order chi connectivity index (χ0) is 19.5. The molecule has 1 aliphatic rings. The second-order valence-corrected chi connectivity index (χ2v) is 6.92. The normalized spacial score (nSPS) is 17.8. The number of rotatable bonds is 5. The standard InChI is InChI=1S/C24H22N2O2/c1-2-17-13-15-19(16-14-17)23(27)22-21(18-9-5-3-6-10-18)26(22)24(28)25-20-11-7-4-8-12-20/h3-16,21-22H,2H2,1H3,(H,25,28)/t21-,22+,26?/m0/s1. The second-order valence-electron chi connectivity index (χ2n) is 6.92. The zero-order valence-electron chi connectivity index (χ0n) is 15.7. The summed E-state index contributed by atoms with van der Waals surface area (Å²) in [5, 5.41) is 2.89. The third kappa shape index (κ3) is 3.54. The number of nitrogens with zero attached hydrogens (tertiary/aromatic N) is 1. The van der Waals surface area contributed by atoms with Crippen molar-refractivity contribution in [3.8, 4) is 0 Å². The average molecular weight is 370 g/mol. The fraction of sp³-hybridized carbons (Fsp3) is 0.167. The lowest BCUT2D eigenvalue weighted by atomic mass is 10.0. The van der Waals surface area contributed by atoms with E-state index < -0.39 is 6.04 Å². The highest BCUT2D eigenvalue weighted by atomic mass is 16.2. The second kappa shape index (κ2) is 7.69. The van der Waals surface area contributed by atoms with Gasteiger partial charge in [-0.2, -0.15) is 0 Å². The van der Waals surface area contributed by atoms with Crippen LogP contribution in [0.15, 0.2) is 84.9 Å². The lowest BCUT2D eigenvalue weighted by molar-refractivity contribution is 0.0976. The number of hydrogen-bond acceptors (Lipinski definition) is 2. The first-order valence-corrected chi connectivity index (χ1v) is 9.51. The van der Waals surface area contributed by atoms with Gasteiger partial charge in [-0.05, 0) is 29.7 Å². The van der Waals surface area contributed by atoms with E-state index in [0.29, 0.717) is 11.3 Å². The van der Waals surface area contributed by atoms with Crippen LogP contribution in [0.5, 0.6) is 0 Å². The molecule has 2 amide bonds. The fourth-order valence-corrected chi connectivity index (χ4v) is 3.53. The number of carbonyl (C=O) groups is 2. The molecule has 1 fully saturated rings. The van der Waals surface area contributed by atoms with Gasteiger partial charge in [-0.3, -0.25) is 4.79 Å². The Morgan fingerprint density at radius 3 is 2.07 bits per heavy atom. The Bertz CT molecular complexity index is 969. The molecular weight excluding hydrogens is 348 g/mol. The molecule has 140 valence electrons. The number of Topliss-reactive ketones (excluding diaryl/α,β-unsaturated/α-hetero) is 1. The fourth-order valence-electron chi connectivity index (χ4n) is 3.53. The predicted octanol–water partition coefficient (Wildman–Crippen LogP) is 5.09. The van der Waals surface area contributed by atoms with Gasteiger partial charge in [0.1, 0.15) is 6.04 Å². The van der Waals surface area contributed by atoms with Gasteiger partial charge in [0.2, 0.25) is 0 Å². The number of nitrogens with one attached hydrogen (secondary N) is 1. The van der Waals surface area contributed by atoms with E-state index in [1.54, 1.807) is 4.90 Å². The van der Waals surface area contributed by atoms with Crippen LogP contribution in [0.3, 0.4) is 0 Å². The van der Waals surface area contributed by atoms with Gasteiger partial charge in [-0.25, -0.2) is 4.79 Å². The molecule has 4 rings (SSSR count). The summed E-state index contributed by atoms with van der Waals surface area (Å²) in [5.74, 6) is -0.0280. The minimum absolute atomic E-state index is 0.0280. The summed E-state index contributed by atoms with van der Waals surface area (Å²) in [6.07, 6.45) is 0.927. The van der Waals surface area contributed by atoms with Crippen molar-refractivity contribution in [2.45, 2.75) is 25.4 Å². The van der Waals surface area contributed by atoms with Gasteiger partial charge in [0, 0.05) is 11.3 Å². The van der Waals surface area contributed by atoms with Crippen LogP contribution in [-0.2, 0) is 6.42 Å². The van der Waals surface area contributed by atoms with Crippen molar-refractivity contribution in [2.24, 2.45) is 0 Å². The maximum absolute atomic E-state index is 13.1. The summed E-state index contributed by atoms with van der Waals surface area (Å²) in [6.45, 7) is 2.08. The molecule has 0 spiro atoms. The minimum Gasteiger partial charge on any atom is -0.308 e. The Kier molecular flexibility index (Phi) is 4.94. The summed E-state index contributed by atoms with van der Waals surface area (Å²) in [4.78, 5) is 27.6. The third-order valence-electron chi connectivity index (χ3n) is 5.12. The van der Waals surface area contributed by atoms with E-state index in [2.05, 4.69) is 12.2 Å². The number of para-hydroxylation sites is 1. The number of urea groups is 1. The first-order chi connectivity index (χ1) is 13.7. The van der Waals surface area contributed by atoms with Gasteiger partial charge < -0.3 is 10.2 Å². The highest BCUT2D eigenvalue weighted by Crippen LogP contribution is 2.45. The maximum Gasteiger partial charge on any atom is 0.323 e. The van der Waals surface area contributed by atoms with Crippen LogP contribution >= 0.6 is 0 Å². The molecule has 1 aliphatic heterocycles. The molecule has 2 atom stereocenters. The molecule has 3 aromatic carbocycles. The Morgan fingerprint density at radius 1 is 0.857 bits per heavy atom. The quantitative estimate of drug-likeness (QED) is 0.502. The number of ketones is 1. The molecule has 0 radical (unpaired) electrons. The monoisotopic (exact) mass is 370 g/mol. The summed E-state index contributed by atoms with van der Waals surface area (Å²) < 4.78 is 0. The molecule has 0 aliphatic carbocycles. The van der Waals surface area contributed by atoms with Crippen LogP contribution in [0.2, 0.25) is 0 Å². The largest absolute Gasteiger partial charge is 0.323 e. The lowest BCUT2D eigenvalue weighted by Crippen LogP contribution is -2.24. The van der Waals surface area contributed by atoms with Crippen molar-refractivity contribution in [2.75, 3.05) is 5.32 Å². The number of anilines is 1. The van der Waals surface area contributed by atoms with Crippen LogP contribution < -0.4 is 5.32 Å². The van der Waals surface area contributed by atoms with E-state index in [-0.39, 0.29) is 17.9 Å². The van der Waals surface area contributed by atoms with Gasteiger partial charge >= 0.3 is 6.03 Å². The number of aryl methyl sites for hydroxylation is 1. The average Bonchev–Trinajstić information content (AvgIpc) is 3.50. The summed E-state index contributed by atoms with van der Waals surface area (Å²) in [6, 6.07) is 25.7. The van der Waals surface area contributed by atoms with E-state index in [1.165, 1.54) is 5.56 Å². The maximum atomic E-state index is 13.1. The molecule has 1 heterocycles. The van der Waals surface area contributed by atoms with Crippen molar-refractivity contribution in [1.82, 2.24) is 4.90 Å². The molecule has 4 nitrogen and oxygen atoms in total. The van der Waals surface area contributed by atoms with Crippen LogP contribution in [0.4, 0.5) is 10.5 Å². The van der Waals surface area contributed by atoms with Crippen LogP contribution in [0, 0.1) is 0 Å². The van der Waals surface area contributed by atoms with E-state index >= 15 is 0 Å². The van der Waals surface area contributed by atoms with Crippen molar-refractivity contribution in [3.63, 3.8) is 0 Å². The molecule has 0 bridgehead atoms. The van der Waals surface area contributed by atoms with Gasteiger partial charge in [-0.15, -0.1) is 0 Å². The van der Waals surface area contributed by atoms with Gasteiger partial charge in [0.25, 0.3) is 0 Å². The van der Waals surface area contributed by atoms with Crippen LogP contribution in [0.1, 0.15) is 34.5 Å². The SMILES string of the molecule is CCc1ccc(C(=O)[C@H]2[C@H](c3ccccc3)N2C(=O)Nc2ccccc2)cc1. The van der Waals surface area contributed by atoms with E-state index in [4.69, 9.17) is 0 Å². The molecule has 0 aromatic heterocycles. The van der Waals surface area contributed by atoms with Gasteiger partial charge in [-0.1, -0.05) is 79.7 Å². The highest BCUT2D eigenvalue weighted by molar-refractivity contribution is 6.07. The third-order valence-corrected chi connectivity index (χ3v) is 5.12. The number of amides is 2. The summed E-state index contributed by atoms with van der Waals surface area (Å²) >= 11 is 0. The highest BCUT2D eigenvalue weighted by Gasteiger charge is 2.56. The number of benzene rings is 3. The van der Waals surface area contributed by atoms with Crippen molar-refractivity contribution in [1.29, 1.82) is 0 Å². The smallest absolute Gasteiger partial charge is 0.308 e. The molecule has 4 heteroatoms. The van der Waals surface area contributed by atoms with E-state index in [0.717, 1.165) is 12.0 Å². The molecule has 0 saturated carbocycles. The zero-order valence-corrected chi connectivity index (χ0v) is 15.7. The molecule has 28 heavy (non-hydrogen) atoms.